The number of carbonyl (C=O) groups excluding carboxylic acids is 1. The smallest absolute Gasteiger partial charge is 0.358 e. The molecule has 0 aliphatic heterocycles. The lowest BCUT2D eigenvalue weighted by atomic mass is 10.2. The third-order valence-electron chi connectivity index (χ3n) is 2.38. The highest BCUT2D eigenvalue weighted by atomic mass is 16.6. The van der Waals surface area contributed by atoms with Gasteiger partial charge in [-0.3, -0.25) is 4.40 Å². The molecule has 6 heteroatoms. The van der Waals surface area contributed by atoms with E-state index < -0.39 is 4.92 Å². The number of rotatable bonds is 3. The molecule has 6 nitrogen and oxygen atoms in total. The van der Waals surface area contributed by atoms with Crippen molar-refractivity contribution in [3.63, 3.8) is 0 Å². The Labute approximate surface area is 90.7 Å². The summed E-state index contributed by atoms with van der Waals surface area (Å²) in [6.07, 6.45) is 2.57. The quantitative estimate of drug-likeness (QED) is 0.442. The van der Waals surface area contributed by atoms with Gasteiger partial charge >= 0.3 is 5.82 Å². The van der Waals surface area contributed by atoms with Crippen LogP contribution in [0, 0.1) is 17.0 Å². The number of fused-ring (bicyclic) bond motifs is 1. The topological polar surface area (TPSA) is 77.5 Å². The fraction of sp³-hybridized carbons (Fsp3) is 0.200. The van der Waals surface area contributed by atoms with Crippen LogP contribution in [0.5, 0.6) is 0 Å². The lowest BCUT2D eigenvalue weighted by molar-refractivity contribution is -0.387. The lowest BCUT2D eigenvalue weighted by Crippen LogP contribution is -1.95. The molecule has 0 aromatic carbocycles. The number of imidazole rings is 1. The average molecular weight is 219 g/mol. The van der Waals surface area contributed by atoms with Crippen LogP contribution in [0.1, 0.15) is 11.4 Å². The molecule has 0 unspecified atom stereocenters. The second-order valence-electron chi connectivity index (χ2n) is 3.36. The van der Waals surface area contributed by atoms with E-state index in [-0.39, 0.29) is 12.2 Å². The van der Waals surface area contributed by atoms with Crippen molar-refractivity contribution in [2.45, 2.75) is 13.3 Å². The monoisotopic (exact) mass is 219 g/mol. The van der Waals surface area contributed by atoms with Gasteiger partial charge in [-0.05, 0) is 21.5 Å². The Hall–Kier alpha value is -2.24. The molecular weight excluding hydrogens is 210 g/mol. The van der Waals surface area contributed by atoms with E-state index in [1.807, 2.05) is 0 Å². The SMILES string of the molecule is Cc1nc([N+](=O)[O-])c2c(CC=O)cccn12. The molecule has 0 saturated heterocycles. The summed E-state index contributed by atoms with van der Waals surface area (Å²) in [5.74, 6) is 0.337. The van der Waals surface area contributed by atoms with Gasteiger partial charge in [-0.25, -0.2) is 0 Å². The second kappa shape index (κ2) is 3.73. The van der Waals surface area contributed by atoms with Gasteiger partial charge in [0.2, 0.25) is 5.82 Å². The average Bonchev–Trinajstić information content (AvgIpc) is 2.58. The van der Waals surface area contributed by atoms with Crippen LogP contribution in [-0.4, -0.2) is 20.6 Å². The molecule has 0 bridgehead atoms. The maximum Gasteiger partial charge on any atom is 0.390 e. The van der Waals surface area contributed by atoms with E-state index in [1.54, 1.807) is 29.7 Å². The highest BCUT2D eigenvalue weighted by Gasteiger charge is 2.21. The molecule has 2 aromatic heterocycles. The van der Waals surface area contributed by atoms with Crippen molar-refractivity contribution in [3.8, 4) is 0 Å². The third kappa shape index (κ3) is 1.44. The van der Waals surface area contributed by atoms with Crippen molar-refractivity contribution in [2.24, 2.45) is 0 Å². The number of aldehydes is 1. The number of carbonyl (C=O) groups is 1. The summed E-state index contributed by atoms with van der Waals surface area (Å²) in [4.78, 5) is 24.7. The molecule has 0 aliphatic carbocycles. The minimum Gasteiger partial charge on any atom is -0.358 e. The van der Waals surface area contributed by atoms with Crippen molar-refractivity contribution in [1.82, 2.24) is 9.38 Å². The van der Waals surface area contributed by atoms with E-state index >= 15 is 0 Å². The number of aromatic nitrogens is 2. The summed E-state index contributed by atoms with van der Waals surface area (Å²) >= 11 is 0. The van der Waals surface area contributed by atoms with E-state index in [9.17, 15) is 14.9 Å². The Morgan fingerprint density at radius 2 is 2.38 bits per heavy atom. The van der Waals surface area contributed by atoms with Crippen LogP contribution < -0.4 is 0 Å². The lowest BCUT2D eigenvalue weighted by Gasteiger charge is -1.99. The van der Waals surface area contributed by atoms with Gasteiger partial charge in [0.1, 0.15) is 6.29 Å². The van der Waals surface area contributed by atoms with Crippen LogP contribution in [-0.2, 0) is 11.2 Å². The Morgan fingerprint density at radius 1 is 1.62 bits per heavy atom. The molecule has 2 rings (SSSR count). The Kier molecular flexibility index (Phi) is 2.40. The van der Waals surface area contributed by atoms with Gasteiger partial charge in [-0.2, -0.15) is 0 Å². The van der Waals surface area contributed by atoms with Crippen LogP contribution in [0.2, 0.25) is 0 Å². The Balaban J connectivity index is 2.82. The summed E-state index contributed by atoms with van der Waals surface area (Å²) in [7, 11) is 0. The molecule has 0 aliphatic rings. The van der Waals surface area contributed by atoms with Gasteiger partial charge in [0, 0.05) is 19.5 Å². The molecular formula is C10H9N3O3. The standard InChI is InChI=1S/C10H9N3O3/c1-7-11-10(13(15)16)9-8(4-6-14)3-2-5-12(7)9/h2-3,5-6H,4H2,1H3. The molecule has 2 aromatic rings. The number of nitrogens with zero attached hydrogens (tertiary/aromatic N) is 3. The van der Waals surface area contributed by atoms with Gasteiger partial charge in [0.25, 0.3) is 0 Å². The number of nitro groups is 1. The van der Waals surface area contributed by atoms with Gasteiger partial charge in [-0.15, -0.1) is 0 Å². The maximum atomic E-state index is 10.8. The van der Waals surface area contributed by atoms with E-state index in [0.29, 0.717) is 16.9 Å². The first-order valence-corrected chi connectivity index (χ1v) is 4.69. The first kappa shape index (κ1) is 10.3. The predicted octanol–water partition coefficient (Wildman–Crippen LogP) is 1.29. The summed E-state index contributed by atoms with van der Waals surface area (Å²) < 4.78 is 1.62. The Bertz CT molecular complexity index is 574. The first-order chi connectivity index (χ1) is 7.65. The summed E-state index contributed by atoms with van der Waals surface area (Å²) in [6.45, 7) is 1.69. The number of hydrogen-bond donors (Lipinski definition) is 0. The summed E-state index contributed by atoms with van der Waals surface area (Å²) in [5, 5.41) is 10.8. The molecule has 0 N–H and O–H groups in total. The second-order valence-corrected chi connectivity index (χ2v) is 3.36. The van der Waals surface area contributed by atoms with Gasteiger partial charge in [0.05, 0.1) is 0 Å². The third-order valence-corrected chi connectivity index (χ3v) is 2.38. The van der Waals surface area contributed by atoms with Crippen molar-refractivity contribution >= 4 is 17.6 Å². The molecule has 0 atom stereocenters. The zero-order valence-corrected chi connectivity index (χ0v) is 8.58. The molecule has 0 amide bonds. The minimum atomic E-state index is -0.531. The van der Waals surface area contributed by atoms with Crippen molar-refractivity contribution in [1.29, 1.82) is 0 Å². The Morgan fingerprint density at radius 3 is 3.00 bits per heavy atom. The number of aryl methyl sites for hydroxylation is 1. The highest BCUT2D eigenvalue weighted by molar-refractivity contribution is 5.72. The predicted molar refractivity (Wildman–Crippen MR) is 56.4 cm³/mol. The summed E-state index contributed by atoms with van der Waals surface area (Å²) in [6, 6.07) is 3.43. The van der Waals surface area contributed by atoms with Gasteiger partial charge in [0.15, 0.2) is 5.52 Å². The largest absolute Gasteiger partial charge is 0.390 e. The maximum absolute atomic E-state index is 10.8. The van der Waals surface area contributed by atoms with Gasteiger partial charge < -0.3 is 14.9 Å². The van der Waals surface area contributed by atoms with Crippen LogP contribution in [0.3, 0.4) is 0 Å². The molecule has 0 saturated carbocycles. The van der Waals surface area contributed by atoms with Crippen LogP contribution in [0.25, 0.3) is 5.52 Å². The fourth-order valence-corrected chi connectivity index (χ4v) is 1.72. The molecule has 0 fully saturated rings. The van der Waals surface area contributed by atoms with E-state index in [1.165, 1.54) is 0 Å². The highest BCUT2D eigenvalue weighted by Crippen LogP contribution is 2.23. The molecule has 0 spiro atoms. The van der Waals surface area contributed by atoms with E-state index in [2.05, 4.69) is 4.98 Å². The number of hydrogen-bond acceptors (Lipinski definition) is 4. The van der Waals surface area contributed by atoms with Crippen LogP contribution in [0.4, 0.5) is 5.82 Å². The van der Waals surface area contributed by atoms with Crippen molar-refractivity contribution in [2.75, 3.05) is 0 Å². The first-order valence-electron chi connectivity index (χ1n) is 4.69. The van der Waals surface area contributed by atoms with E-state index in [0.717, 1.165) is 6.29 Å². The molecule has 0 radical (unpaired) electrons. The van der Waals surface area contributed by atoms with Crippen LogP contribution in [0.15, 0.2) is 18.3 Å². The van der Waals surface area contributed by atoms with Gasteiger partial charge in [-0.1, -0.05) is 6.07 Å². The summed E-state index contributed by atoms with van der Waals surface area (Å²) in [5.41, 5.74) is 1.02. The molecule has 2 heterocycles. The molecule has 82 valence electrons. The normalized spacial score (nSPS) is 10.6. The zero-order valence-electron chi connectivity index (χ0n) is 8.58. The van der Waals surface area contributed by atoms with Crippen LogP contribution >= 0.6 is 0 Å². The minimum absolute atomic E-state index is 0.149. The van der Waals surface area contributed by atoms with Crippen molar-refractivity contribution in [3.05, 3.63) is 39.8 Å². The van der Waals surface area contributed by atoms with Crippen molar-refractivity contribution < 1.29 is 9.72 Å². The fourth-order valence-electron chi connectivity index (χ4n) is 1.72. The van der Waals surface area contributed by atoms with E-state index in [4.69, 9.17) is 0 Å². The zero-order chi connectivity index (χ0) is 11.7. The number of pyridine rings is 1. The molecule has 16 heavy (non-hydrogen) atoms.